The number of methoxy groups -OCH3 is 1. The van der Waals surface area contributed by atoms with E-state index in [9.17, 15) is 9.59 Å². The molecule has 0 bridgehead atoms. The Morgan fingerprint density at radius 2 is 1.86 bits per heavy atom. The van der Waals surface area contributed by atoms with Crippen LogP contribution in [0.2, 0.25) is 0 Å². The molecule has 1 unspecified atom stereocenters. The van der Waals surface area contributed by atoms with E-state index in [1.54, 1.807) is 56.5 Å². The van der Waals surface area contributed by atoms with Crippen molar-refractivity contribution in [3.05, 3.63) is 65.0 Å². The predicted octanol–water partition coefficient (Wildman–Crippen LogP) is 4.06. The maximum atomic E-state index is 12.9. The largest absolute Gasteiger partial charge is 0.488 e. The van der Waals surface area contributed by atoms with E-state index < -0.39 is 11.8 Å². The fraction of sp³-hybridized carbons (Fsp3) is 0.208. The third kappa shape index (κ3) is 6.23. The maximum absolute atomic E-state index is 12.9. The third-order valence-electron chi connectivity index (χ3n) is 4.72. The zero-order chi connectivity index (χ0) is 25.7. The Hall–Kier alpha value is -4.29. The molecule has 3 N–H and O–H groups in total. The lowest BCUT2D eigenvalue weighted by molar-refractivity contribution is 0.0916. The molecule has 186 valence electrons. The SMILES string of the molecule is COCC(C)Oc1cc(Oc2ccc(-c3nnc(C)o3)cc2)cc(C(=O)Nc2nc(C(N)=O)cs2)c1. The molecule has 4 rings (SSSR count). The lowest BCUT2D eigenvalue weighted by Crippen LogP contribution is -2.18. The molecule has 0 saturated carbocycles. The smallest absolute Gasteiger partial charge is 0.268 e. The number of anilines is 1. The average molecular weight is 510 g/mol. The number of carbonyl (C=O) groups is 2. The molecular formula is C24H23N5O6S. The van der Waals surface area contributed by atoms with Crippen LogP contribution in [0.3, 0.4) is 0 Å². The number of benzene rings is 2. The van der Waals surface area contributed by atoms with Gasteiger partial charge < -0.3 is 24.4 Å². The van der Waals surface area contributed by atoms with Gasteiger partial charge in [0.2, 0.25) is 11.8 Å². The molecule has 1 atom stereocenters. The summed E-state index contributed by atoms with van der Waals surface area (Å²) in [5, 5.41) is 12.2. The molecule has 0 aliphatic rings. The van der Waals surface area contributed by atoms with Crippen molar-refractivity contribution >= 4 is 28.3 Å². The molecule has 0 aliphatic carbocycles. The Morgan fingerprint density at radius 3 is 2.50 bits per heavy atom. The Morgan fingerprint density at radius 1 is 1.11 bits per heavy atom. The van der Waals surface area contributed by atoms with E-state index >= 15 is 0 Å². The highest BCUT2D eigenvalue weighted by Gasteiger charge is 2.16. The van der Waals surface area contributed by atoms with Crippen LogP contribution in [-0.2, 0) is 4.74 Å². The molecule has 36 heavy (non-hydrogen) atoms. The van der Waals surface area contributed by atoms with Crippen LogP contribution >= 0.6 is 11.3 Å². The van der Waals surface area contributed by atoms with Crippen LogP contribution in [0.15, 0.2) is 52.3 Å². The molecule has 0 aliphatic heterocycles. The highest BCUT2D eigenvalue weighted by molar-refractivity contribution is 7.14. The van der Waals surface area contributed by atoms with Crippen LogP contribution in [0.4, 0.5) is 5.13 Å². The van der Waals surface area contributed by atoms with Gasteiger partial charge in [-0.1, -0.05) is 0 Å². The average Bonchev–Trinajstić information content (AvgIpc) is 3.49. The van der Waals surface area contributed by atoms with Gasteiger partial charge in [0.15, 0.2) is 5.13 Å². The van der Waals surface area contributed by atoms with Gasteiger partial charge in [-0.2, -0.15) is 0 Å². The highest BCUT2D eigenvalue weighted by Crippen LogP contribution is 2.30. The molecule has 2 heterocycles. The number of nitrogens with one attached hydrogen (secondary N) is 1. The molecule has 0 fully saturated rings. The van der Waals surface area contributed by atoms with Crippen LogP contribution in [0.25, 0.3) is 11.5 Å². The molecule has 12 heteroatoms. The summed E-state index contributed by atoms with van der Waals surface area (Å²) in [6, 6.07) is 11.9. The normalized spacial score (nSPS) is 11.6. The highest BCUT2D eigenvalue weighted by atomic mass is 32.1. The minimum absolute atomic E-state index is 0.0731. The summed E-state index contributed by atoms with van der Waals surface area (Å²) in [4.78, 5) is 28.2. The number of nitrogens with two attached hydrogens (primary N) is 1. The Labute approximate surface area is 210 Å². The van der Waals surface area contributed by atoms with Gasteiger partial charge in [0.1, 0.15) is 29.0 Å². The summed E-state index contributed by atoms with van der Waals surface area (Å²) in [6.07, 6.45) is -0.268. The molecule has 0 saturated heterocycles. The molecule has 0 radical (unpaired) electrons. The van der Waals surface area contributed by atoms with Gasteiger partial charge in [-0.15, -0.1) is 21.5 Å². The first-order valence-corrected chi connectivity index (χ1v) is 11.6. The summed E-state index contributed by atoms with van der Waals surface area (Å²) >= 11 is 1.09. The summed E-state index contributed by atoms with van der Waals surface area (Å²) in [5.74, 6) is 1.05. The second kappa shape index (κ2) is 11.0. The Kier molecular flexibility index (Phi) is 7.56. The van der Waals surface area contributed by atoms with Crippen LogP contribution in [0.5, 0.6) is 17.2 Å². The van der Waals surface area contributed by atoms with E-state index in [2.05, 4.69) is 20.5 Å². The summed E-state index contributed by atoms with van der Waals surface area (Å²) < 4.78 is 22.5. The number of aromatic nitrogens is 3. The zero-order valence-electron chi connectivity index (χ0n) is 19.7. The quantitative estimate of drug-likeness (QED) is 0.322. The molecule has 0 spiro atoms. The number of hydrogen-bond acceptors (Lipinski definition) is 10. The lowest BCUT2D eigenvalue weighted by Gasteiger charge is -2.16. The third-order valence-corrected chi connectivity index (χ3v) is 5.48. The standard InChI is InChI=1S/C24H23N5O6S/c1-13(11-32-3)33-18-8-16(22(31)27-24-26-20(12-36-24)21(25)30)9-19(10-18)35-17-6-4-15(5-7-17)23-29-28-14(2)34-23/h4-10,12-13H,11H2,1-3H3,(H2,25,30)(H,26,27,31). The van der Waals surface area contributed by atoms with E-state index in [1.165, 1.54) is 5.38 Å². The molecule has 11 nitrogen and oxygen atoms in total. The summed E-state index contributed by atoms with van der Waals surface area (Å²) in [6.45, 7) is 3.92. The molecule has 2 aromatic carbocycles. The number of thiazole rings is 1. The van der Waals surface area contributed by atoms with Crippen molar-refractivity contribution in [1.82, 2.24) is 15.2 Å². The van der Waals surface area contributed by atoms with Gasteiger partial charge in [-0.3, -0.25) is 14.9 Å². The Balaban J connectivity index is 1.57. The van der Waals surface area contributed by atoms with Gasteiger partial charge >= 0.3 is 0 Å². The zero-order valence-corrected chi connectivity index (χ0v) is 20.5. The second-order valence-corrected chi connectivity index (χ2v) is 8.54. The number of nitrogens with zero attached hydrogens (tertiary/aromatic N) is 3. The summed E-state index contributed by atoms with van der Waals surface area (Å²) in [7, 11) is 1.58. The number of carbonyl (C=O) groups excluding carboxylic acids is 2. The van der Waals surface area contributed by atoms with Gasteiger partial charge in [-0.25, -0.2) is 4.98 Å². The molecule has 2 amide bonds. The van der Waals surface area contributed by atoms with Gasteiger partial charge in [-0.05, 0) is 43.3 Å². The topological polar surface area (TPSA) is 152 Å². The number of aryl methyl sites for hydroxylation is 1. The monoisotopic (exact) mass is 509 g/mol. The maximum Gasteiger partial charge on any atom is 0.268 e. The van der Waals surface area contributed by atoms with E-state index in [1.807, 2.05) is 6.92 Å². The minimum atomic E-state index is -0.676. The second-order valence-electron chi connectivity index (χ2n) is 7.69. The van der Waals surface area contributed by atoms with Crippen LogP contribution < -0.4 is 20.5 Å². The Bertz CT molecular complexity index is 1370. The van der Waals surface area contributed by atoms with Gasteiger partial charge in [0.25, 0.3) is 11.8 Å². The van der Waals surface area contributed by atoms with Crippen molar-refractivity contribution in [2.24, 2.45) is 5.73 Å². The number of ether oxygens (including phenoxy) is 3. The van der Waals surface area contributed by atoms with Crippen molar-refractivity contribution in [3.8, 4) is 28.7 Å². The number of hydrogen-bond donors (Lipinski definition) is 2. The van der Waals surface area contributed by atoms with Crippen molar-refractivity contribution < 1.29 is 28.2 Å². The number of rotatable bonds is 10. The van der Waals surface area contributed by atoms with E-state index in [-0.39, 0.29) is 22.5 Å². The minimum Gasteiger partial charge on any atom is -0.488 e. The van der Waals surface area contributed by atoms with Crippen LogP contribution in [-0.4, -0.2) is 46.8 Å². The van der Waals surface area contributed by atoms with Gasteiger partial charge in [0.05, 0.1) is 6.61 Å². The van der Waals surface area contributed by atoms with Crippen molar-refractivity contribution in [2.75, 3.05) is 19.0 Å². The van der Waals surface area contributed by atoms with Gasteiger partial charge in [0, 0.05) is 36.6 Å². The first-order chi connectivity index (χ1) is 17.3. The fourth-order valence-corrected chi connectivity index (χ4v) is 3.85. The van der Waals surface area contributed by atoms with E-state index in [0.717, 1.165) is 16.9 Å². The van der Waals surface area contributed by atoms with Crippen LogP contribution in [0.1, 0.15) is 33.7 Å². The first-order valence-electron chi connectivity index (χ1n) is 10.8. The van der Waals surface area contributed by atoms with E-state index in [0.29, 0.717) is 35.6 Å². The summed E-state index contributed by atoms with van der Waals surface area (Å²) in [5.41, 5.74) is 6.31. The first kappa shape index (κ1) is 24.8. The van der Waals surface area contributed by atoms with Crippen molar-refractivity contribution in [1.29, 1.82) is 0 Å². The molecular weight excluding hydrogens is 486 g/mol. The number of amides is 2. The lowest BCUT2D eigenvalue weighted by atomic mass is 10.1. The molecule has 4 aromatic rings. The predicted molar refractivity (Wildman–Crippen MR) is 132 cm³/mol. The molecule has 2 aromatic heterocycles. The fourth-order valence-electron chi connectivity index (χ4n) is 3.16. The van der Waals surface area contributed by atoms with Crippen molar-refractivity contribution in [3.63, 3.8) is 0 Å². The van der Waals surface area contributed by atoms with Crippen molar-refractivity contribution in [2.45, 2.75) is 20.0 Å². The van der Waals surface area contributed by atoms with E-state index in [4.69, 9.17) is 24.4 Å². The number of primary amides is 1. The van der Waals surface area contributed by atoms with Crippen LogP contribution in [0, 0.1) is 6.92 Å².